The van der Waals surface area contributed by atoms with Gasteiger partial charge < -0.3 is 33.9 Å². The van der Waals surface area contributed by atoms with E-state index in [9.17, 15) is 14.7 Å². The molecule has 1 N–H and O–H groups in total. The molecule has 9 nitrogen and oxygen atoms in total. The van der Waals surface area contributed by atoms with Gasteiger partial charge >= 0.3 is 0 Å². The van der Waals surface area contributed by atoms with Crippen molar-refractivity contribution in [2.24, 2.45) is 0 Å². The maximum Gasteiger partial charge on any atom is 0.295 e. The van der Waals surface area contributed by atoms with Crippen molar-refractivity contribution in [3.8, 4) is 23.0 Å². The molecule has 0 saturated carbocycles. The Morgan fingerprint density at radius 3 is 2.35 bits per heavy atom. The van der Waals surface area contributed by atoms with Crippen LogP contribution in [0.3, 0.4) is 0 Å². The molecule has 2 aromatic rings. The number of aliphatic hydroxyl groups excluding tert-OH is 1. The van der Waals surface area contributed by atoms with Gasteiger partial charge in [0.25, 0.3) is 11.7 Å². The number of likely N-dealkylation sites (tertiary alicyclic amines) is 1. The average molecular weight is 511 g/mol. The van der Waals surface area contributed by atoms with Gasteiger partial charge in [-0.2, -0.15) is 0 Å². The number of hydrogen-bond acceptors (Lipinski definition) is 8. The number of ether oxygens (including phenoxy) is 4. The van der Waals surface area contributed by atoms with Crippen LogP contribution in [-0.2, 0) is 16.0 Å². The summed E-state index contributed by atoms with van der Waals surface area (Å²) in [5.41, 5.74) is 2.00. The third kappa shape index (κ3) is 4.96. The van der Waals surface area contributed by atoms with E-state index in [-0.39, 0.29) is 17.4 Å². The van der Waals surface area contributed by atoms with Crippen molar-refractivity contribution in [2.75, 3.05) is 48.5 Å². The highest BCUT2D eigenvalue weighted by atomic mass is 16.5. The van der Waals surface area contributed by atoms with Crippen molar-refractivity contribution < 1.29 is 33.6 Å². The predicted molar refractivity (Wildman–Crippen MR) is 139 cm³/mol. The Bertz CT molecular complexity index is 1210. The normalized spacial score (nSPS) is 20.2. The van der Waals surface area contributed by atoms with Gasteiger partial charge in [-0.25, -0.2) is 0 Å². The van der Waals surface area contributed by atoms with Crippen LogP contribution in [0.1, 0.15) is 36.1 Å². The molecule has 2 heterocycles. The van der Waals surface area contributed by atoms with Crippen LogP contribution in [0.5, 0.6) is 23.0 Å². The highest BCUT2D eigenvalue weighted by molar-refractivity contribution is 6.46. The number of amides is 1. The lowest BCUT2D eigenvalue weighted by molar-refractivity contribution is -0.139. The number of rotatable bonds is 9. The molecule has 2 aromatic carbocycles. The van der Waals surface area contributed by atoms with Crippen LogP contribution in [0.2, 0.25) is 0 Å². The number of methoxy groups -OCH3 is 3. The number of carbonyl (C=O) groups is 2. The second-order valence-corrected chi connectivity index (χ2v) is 9.56. The summed E-state index contributed by atoms with van der Waals surface area (Å²) in [5.74, 6) is 0.317. The number of ketones is 1. The lowest BCUT2D eigenvalue weighted by Gasteiger charge is -2.27. The molecular weight excluding hydrogens is 476 g/mol. The monoisotopic (exact) mass is 510 g/mol. The molecule has 198 valence electrons. The zero-order valence-electron chi connectivity index (χ0n) is 22.2. The first kappa shape index (κ1) is 26.3. The Balaban J connectivity index is 1.87. The lowest BCUT2D eigenvalue weighted by Crippen LogP contribution is -2.32. The fraction of sp³-hybridized carbons (Fsp3) is 0.429. The van der Waals surface area contributed by atoms with E-state index >= 15 is 0 Å². The molecule has 0 radical (unpaired) electrons. The first-order valence-electron chi connectivity index (χ1n) is 12.2. The Hall–Kier alpha value is -3.72. The number of benzene rings is 2. The van der Waals surface area contributed by atoms with E-state index in [1.165, 1.54) is 26.2 Å². The van der Waals surface area contributed by atoms with Gasteiger partial charge in [-0.1, -0.05) is 0 Å². The molecule has 0 aromatic heterocycles. The van der Waals surface area contributed by atoms with E-state index in [1.54, 1.807) is 24.3 Å². The van der Waals surface area contributed by atoms with E-state index < -0.39 is 17.7 Å². The molecule has 2 atom stereocenters. The van der Waals surface area contributed by atoms with Crippen LogP contribution in [-0.4, -0.2) is 81.2 Å². The quantitative estimate of drug-likeness (QED) is 0.311. The van der Waals surface area contributed by atoms with Gasteiger partial charge in [-0.3, -0.25) is 9.59 Å². The molecule has 2 aliphatic heterocycles. The smallest absolute Gasteiger partial charge is 0.295 e. The van der Waals surface area contributed by atoms with Crippen LogP contribution in [0.15, 0.2) is 35.9 Å². The second-order valence-electron chi connectivity index (χ2n) is 9.56. The Morgan fingerprint density at radius 2 is 1.76 bits per heavy atom. The van der Waals surface area contributed by atoms with E-state index in [4.69, 9.17) is 18.9 Å². The van der Waals surface area contributed by atoms with Crippen LogP contribution in [0.25, 0.3) is 5.76 Å². The minimum atomic E-state index is -0.834. The van der Waals surface area contributed by atoms with E-state index in [1.807, 2.05) is 32.0 Å². The van der Waals surface area contributed by atoms with E-state index in [0.29, 0.717) is 47.8 Å². The summed E-state index contributed by atoms with van der Waals surface area (Å²) in [7, 11) is 8.41. The third-order valence-electron chi connectivity index (χ3n) is 6.72. The second kappa shape index (κ2) is 10.7. The van der Waals surface area contributed by atoms with Crippen molar-refractivity contribution in [3.63, 3.8) is 0 Å². The van der Waals surface area contributed by atoms with Crippen LogP contribution < -0.4 is 18.9 Å². The number of hydrogen-bond donors (Lipinski definition) is 1. The highest BCUT2D eigenvalue weighted by Gasteiger charge is 2.46. The molecule has 9 heteroatoms. The topological polar surface area (TPSA) is 97.8 Å². The number of Topliss-reactive ketones (excluding diaryl/α,β-unsaturated/α-hetero) is 1. The lowest BCUT2D eigenvalue weighted by atomic mass is 9.94. The van der Waals surface area contributed by atoms with Crippen LogP contribution >= 0.6 is 0 Å². The van der Waals surface area contributed by atoms with Gasteiger partial charge in [0.2, 0.25) is 5.75 Å². The first-order chi connectivity index (χ1) is 17.7. The molecule has 4 rings (SSSR count). The van der Waals surface area contributed by atoms with Crippen molar-refractivity contribution in [1.82, 2.24) is 9.80 Å². The molecule has 2 aliphatic rings. The molecule has 1 amide bonds. The summed E-state index contributed by atoms with van der Waals surface area (Å²) >= 11 is 0. The van der Waals surface area contributed by atoms with Gasteiger partial charge in [-0.15, -0.1) is 0 Å². The minimum absolute atomic E-state index is 0.0241. The average Bonchev–Trinajstić information content (AvgIpc) is 3.37. The van der Waals surface area contributed by atoms with Gasteiger partial charge in [0.15, 0.2) is 11.5 Å². The van der Waals surface area contributed by atoms with Crippen molar-refractivity contribution >= 4 is 17.4 Å². The van der Waals surface area contributed by atoms with Crippen LogP contribution in [0.4, 0.5) is 0 Å². The minimum Gasteiger partial charge on any atom is -0.507 e. The number of nitrogens with zero attached hydrogens (tertiary/aromatic N) is 2. The van der Waals surface area contributed by atoms with Gasteiger partial charge in [0, 0.05) is 18.5 Å². The van der Waals surface area contributed by atoms with E-state index in [2.05, 4.69) is 0 Å². The first-order valence-corrected chi connectivity index (χ1v) is 12.2. The largest absolute Gasteiger partial charge is 0.507 e. The number of carbonyl (C=O) groups excluding carboxylic acids is 2. The zero-order chi connectivity index (χ0) is 26.9. The van der Waals surface area contributed by atoms with Crippen LogP contribution in [0, 0.1) is 0 Å². The molecule has 2 unspecified atom stereocenters. The Morgan fingerprint density at radius 1 is 1.08 bits per heavy atom. The van der Waals surface area contributed by atoms with Crippen molar-refractivity contribution in [2.45, 2.75) is 31.9 Å². The molecule has 0 spiro atoms. The molecule has 1 saturated heterocycles. The highest BCUT2D eigenvalue weighted by Crippen LogP contribution is 2.46. The van der Waals surface area contributed by atoms with E-state index in [0.717, 1.165) is 17.9 Å². The standard InChI is InChI=1S/C28H34N2O7/c1-16-12-18-13-17(8-9-20(18)37-16)25(31)23-24(30(28(33)26(23)32)11-7-10-29(2)3)19-14-21(34-4)27(36-6)22(15-19)35-5/h8-9,13-16,24,31H,7,10-12H2,1-6H3/b25-23+. The SMILES string of the molecule is COc1cc(C2/C(=C(\O)c3ccc4c(c3)CC(C)O4)C(=O)C(=O)N2CCCN(C)C)cc(OC)c1OC. The summed E-state index contributed by atoms with van der Waals surface area (Å²) in [6.07, 6.45) is 1.38. The maximum absolute atomic E-state index is 13.4. The van der Waals surface area contributed by atoms with Crippen molar-refractivity contribution in [3.05, 3.63) is 52.6 Å². The molecule has 0 bridgehead atoms. The molecule has 37 heavy (non-hydrogen) atoms. The Kier molecular flexibility index (Phi) is 7.63. The Labute approximate surface area is 217 Å². The predicted octanol–water partition coefficient (Wildman–Crippen LogP) is 3.41. The fourth-order valence-corrected chi connectivity index (χ4v) is 5.00. The fourth-order valence-electron chi connectivity index (χ4n) is 5.00. The third-order valence-corrected chi connectivity index (χ3v) is 6.72. The summed E-state index contributed by atoms with van der Waals surface area (Å²) < 4.78 is 22.3. The molecule has 0 aliphatic carbocycles. The summed E-state index contributed by atoms with van der Waals surface area (Å²) in [6, 6.07) is 7.90. The summed E-state index contributed by atoms with van der Waals surface area (Å²) in [4.78, 5) is 30.2. The van der Waals surface area contributed by atoms with Gasteiger partial charge in [-0.05, 0) is 75.4 Å². The number of aliphatic hydroxyl groups is 1. The summed E-state index contributed by atoms with van der Waals surface area (Å²) in [5, 5.41) is 11.5. The van der Waals surface area contributed by atoms with Gasteiger partial charge in [0.1, 0.15) is 17.6 Å². The maximum atomic E-state index is 13.4. The van der Waals surface area contributed by atoms with Crippen molar-refractivity contribution in [1.29, 1.82) is 0 Å². The molecular formula is C28H34N2O7. The number of fused-ring (bicyclic) bond motifs is 1. The zero-order valence-corrected chi connectivity index (χ0v) is 22.2. The molecule has 1 fully saturated rings. The summed E-state index contributed by atoms with van der Waals surface area (Å²) in [6.45, 7) is 3.04. The van der Waals surface area contributed by atoms with Gasteiger partial charge in [0.05, 0.1) is 32.9 Å².